The van der Waals surface area contributed by atoms with Gasteiger partial charge in [-0.25, -0.2) is 0 Å². The molecule has 4 aliphatic heterocycles. The van der Waals surface area contributed by atoms with Crippen LogP contribution in [0.25, 0.3) is 186 Å². The van der Waals surface area contributed by atoms with Crippen LogP contribution < -0.4 is 10.2 Å². The lowest BCUT2D eigenvalue weighted by Crippen LogP contribution is -2.41. The van der Waals surface area contributed by atoms with Gasteiger partial charge >= 0.3 is 21.1 Å². The van der Waals surface area contributed by atoms with Crippen LogP contribution in [0.4, 0.5) is 0 Å². The number of rotatable bonds is 6. The van der Waals surface area contributed by atoms with Crippen LogP contribution in [0.3, 0.4) is 0 Å². The molecule has 746 valence electrons. The maximum absolute atomic E-state index is 6.31. The predicted octanol–water partition coefficient (Wildman–Crippen LogP) is 37.3. The summed E-state index contributed by atoms with van der Waals surface area (Å²) in [5, 5.41) is 22.9. The highest BCUT2D eigenvalue weighted by Gasteiger charge is 2.64. The fraction of sp³-hybridized carbons (Fsp3) is 0.172. The molecule has 1 N–H and O–H groups in total. The first kappa shape index (κ1) is 106. The zero-order valence-corrected chi connectivity index (χ0v) is 97.1. The summed E-state index contributed by atoms with van der Waals surface area (Å²) in [6.07, 6.45) is 0. The van der Waals surface area contributed by atoms with Gasteiger partial charge in [-0.05, 0) is 280 Å². The average Bonchev–Trinajstić information content (AvgIpc) is 1.62. The van der Waals surface area contributed by atoms with Gasteiger partial charge in [0.2, 0.25) is 0 Å². The second-order valence-corrected chi connectivity index (χ2v) is 43.2. The van der Waals surface area contributed by atoms with Crippen molar-refractivity contribution in [1.29, 1.82) is 0 Å². The summed E-state index contributed by atoms with van der Waals surface area (Å²) in [5.41, 5.74) is 18.0. The number of para-hydroxylation sites is 7. The first-order chi connectivity index (χ1) is 71.6. The number of H-pyrrole nitrogens is 1. The SMILES string of the molecule is Brc1ccc(-n2c3ccccc3c3ccc4ccccc4c32)cc1.Brc1ccc(I)cc1.C.CC1(C)OB(B2OC(C)(C)C(C)(C)O2)OC1(C)C.CC1(C)OB(c2ccc(-n3c4ccccc4c4ccc5ccccc5c43)cc2)OC1(C)C.CI.CI.CI.c1ccc2c(c1)Oc1cccc3c4ccc(-c5ccc(-n6c7ccccc7c7ccc8ccccc8c76)cc5)cc4n-2c13.c1ccc2c(c1)ccc1c3ccccc3[nH]c21. The third-order valence-corrected chi connectivity index (χ3v) is 31.7. The maximum Gasteiger partial charge on any atom is 0.494 e. The lowest BCUT2D eigenvalue weighted by atomic mass is 9.49. The van der Waals surface area contributed by atoms with E-state index in [1.807, 2.05) is 94.4 Å². The first-order valence-electron chi connectivity index (χ1n) is 49.7. The lowest BCUT2D eigenvalue weighted by molar-refractivity contribution is 0.00578. The van der Waals surface area contributed by atoms with Crippen LogP contribution in [0, 0.1) is 3.57 Å². The molecule has 0 spiro atoms. The van der Waals surface area contributed by atoms with Crippen molar-refractivity contribution in [3.05, 3.63) is 413 Å². The molecule has 0 unspecified atom stereocenters. The second-order valence-electron chi connectivity index (χ2n) is 40.2. The number of fused-ring (bicyclic) bond motifs is 25. The summed E-state index contributed by atoms with van der Waals surface area (Å²) >= 11 is 15.6. The molecule has 0 atom stereocenters. The van der Waals surface area contributed by atoms with Crippen molar-refractivity contribution in [1.82, 2.24) is 23.3 Å². The van der Waals surface area contributed by atoms with Gasteiger partial charge in [-0.15, -0.1) is 0 Å². The topological polar surface area (TPSA) is 100 Å². The van der Waals surface area contributed by atoms with Crippen molar-refractivity contribution in [3.8, 4) is 45.4 Å². The number of ether oxygens (including phenoxy) is 1. The third-order valence-electron chi connectivity index (χ3n) is 30.0. The van der Waals surface area contributed by atoms with E-state index in [2.05, 4.69) is 549 Å². The van der Waals surface area contributed by atoms with Crippen molar-refractivity contribution < 1.29 is 32.7 Å². The highest BCUT2D eigenvalue weighted by molar-refractivity contribution is 14.1. The van der Waals surface area contributed by atoms with E-state index in [0.717, 1.165) is 48.5 Å². The van der Waals surface area contributed by atoms with E-state index in [0.29, 0.717) is 0 Å². The summed E-state index contributed by atoms with van der Waals surface area (Å²) in [6, 6.07) is 142. The Kier molecular flexibility index (Phi) is 31.3. The van der Waals surface area contributed by atoms with Gasteiger partial charge in [0.05, 0.1) is 88.9 Å². The van der Waals surface area contributed by atoms with E-state index < -0.39 is 14.0 Å². The van der Waals surface area contributed by atoms with E-state index in [-0.39, 0.29) is 48.2 Å². The van der Waals surface area contributed by atoms with Crippen molar-refractivity contribution in [2.24, 2.45) is 0 Å². The molecule has 0 radical (unpaired) electrons. The van der Waals surface area contributed by atoms with Crippen LogP contribution in [0.2, 0.25) is 0 Å². The minimum absolute atomic E-state index is 0. The van der Waals surface area contributed by atoms with Gasteiger partial charge in [0.25, 0.3) is 0 Å². The molecule has 0 aliphatic carbocycles. The normalized spacial score (nSPS) is 15.0. The van der Waals surface area contributed by atoms with Crippen molar-refractivity contribution in [3.63, 3.8) is 0 Å². The molecule has 24 aromatic rings. The summed E-state index contributed by atoms with van der Waals surface area (Å²) < 4.78 is 55.7. The number of benzene rings is 19. The molecular formula is C128H116B3Br2I4N5O7. The van der Waals surface area contributed by atoms with Gasteiger partial charge < -0.3 is 55.9 Å². The number of nitrogens with zero attached hydrogens (tertiary/aromatic N) is 4. The van der Waals surface area contributed by atoms with Gasteiger partial charge in [-0.1, -0.05) is 386 Å². The van der Waals surface area contributed by atoms with Crippen LogP contribution in [0.15, 0.2) is 409 Å². The molecule has 3 saturated heterocycles. The second kappa shape index (κ2) is 43.9. The Balaban J connectivity index is 0.000000117. The van der Waals surface area contributed by atoms with Crippen LogP contribution in [0.5, 0.6) is 11.5 Å². The summed E-state index contributed by atoms with van der Waals surface area (Å²) in [6.45, 7) is 24.6. The number of alkyl halides is 3. The van der Waals surface area contributed by atoms with Crippen molar-refractivity contribution >= 4 is 301 Å². The number of halogens is 6. The molecule has 0 saturated carbocycles. The monoisotopic (exact) mass is 2530 g/mol. The van der Waals surface area contributed by atoms with Crippen LogP contribution in [0.1, 0.15) is 90.5 Å². The zero-order valence-electron chi connectivity index (χ0n) is 85.3. The molecular weight excluding hydrogens is 2420 g/mol. The molecule has 0 bridgehead atoms. The molecule has 12 nitrogen and oxygen atoms in total. The van der Waals surface area contributed by atoms with E-state index in [1.165, 1.54) is 167 Å². The predicted molar refractivity (Wildman–Crippen MR) is 677 cm³/mol. The number of aromatic amines is 1. The van der Waals surface area contributed by atoms with E-state index >= 15 is 0 Å². The number of aromatic nitrogens is 5. The van der Waals surface area contributed by atoms with E-state index in [4.69, 9.17) is 32.7 Å². The summed E-state index contributed by atoms with van der Waals surface area (Å²) in [4.78, 5) is 9.43. The molecule has 21 heteroatoms. The van der Waals surface area contributed by atoms with Crippen LogP contribution in [-0.4, -0.2) is 92.8 Å². The zero-order chi connectivity index (χ0) is 103. The minimum Gasteiger partial charge on any atom is -0.453 e. The van der Waals surface area contributed by atoms with Crippen molar-refractivity contribution in [2.45, 2.75) is 124 Å². The Morgan fingerprint density at radius 2 is 0.570 bits per heavy atom. The lowest BCUT2D eigenvalue weighted by Gasteiger charge is -2.32. The number of hydrogen-bond donors (Lipinski definition) is 1. The Labute approximate surface area is 944 Å². The number of nitrogens with one attached hydrogen (secondary N) is 1. The highest BCUT2D eigenvalue weighted by atomic mass is 127. The highest BCUT2D eigenvalue weighted by Crippen LogP contribution is 2.50. The fourth-order valence-corrected chi connectivity index (χ4v) is 21.5. The minimum atomic E-state index is -0.476. The molecule has 0 amide bonds. The fourth-order valence-electron chi connectivity index (χ4n) is 20.6. The Morgan fingerprint density at radius 1 is 0.255 bits per heavy atom. The number of hydrogen-bond acceptors (Lipinski definition) is 7. The smallest absolute Gasteiger partial charge is 0.453 e. The molecule has 28 rings (SSSR count). The van der Waals surface area contributed by atoms with Crippen LogP contribution in [-0.2, 0) is 27.9 Å². The van der Waals surface area contributed by atoms with Gasteiger partial charge in [-0.2, -0.15) is 0 Å². The third kappa shape index (κ3) is 20.1. The molecule has 4 aliphatic rings. The molecule has 9 heterocycles. The molecule has 5 aromatic heterocycles. The first-order valence-corrected chi connectivity index (χ1v) is 58.8. The molecule has 149 heavy (non-hydrogen) atoms. The van der Waals surface area contributed by atoms with Crippen molar-refractivity contribution in [2.75, 3.05) is 14.8 Å². The average molecular weight is 2540 g/mol. The van der Waals surface area contributed by atoms with Gasteiger partial charge in [0, 0.05) is 111 Å². The Hall–Kier alpha value is -11.1. The summed E-state index contributed by atoms with van der Waals surface area (Å²) in [5.74, 6) is 1.78. The Bertz CT molecular complexity index is 8970. The van der Waals surface area contributed by atoms with Gasteiger partial charge in [0.15, 0.2) is 11.5 Å². The van der Waals surface area contributed by atoms with Gasteiger partial charge in [-0.3, -0.25) is 0 Å². The van der Waals surface area contributed by atoms with Gasteiger partial charge in [0.1, 0.15) is 0 Å². The van der Waals surface area contributed by atoms with E-state index in [1.54, 1.807) is 0 Å². The largest absolute Gasteiger partial charge is 0.494 e. The molecule has 3 fully saturated rings. The standard InChI is InChI=1S/C40H24N2O.C28H26BNO2.C22H14BrN.C16H11N.C12H24B2O4.C6H4BrI.3CH3I.CH4/c1-2-9-29-26(8-1)18-23-33-30-10-3-4-12-34(30)41(39(29)33)28-20-16-25(17-21-28)27-19-22-31-32-11-7-15-38-40(32)42(36(31)24-27)35-13-5-6-14-37(35)43-38;1-27(2)28(3,4)32-29(31-27)20-14-16-21(17-15-20)30-25-12-8-7-11-23(25)24-18-13-19-9-5-6-10-22(19)26(24)30;23-16-10-12-17(13-11-16)24-21-8-4-3-7-19(21)20-14-9-15-5-1-2-6-18(15)22(20)24;1-2-6-12-11(5-1)9-10-14-13-7-3-4-8-15(13)17-16(12)14;1-9(2)10(3,4)16-13(15-9)14-17-11(5,6)12(7,8)18-14;7-5-1-3-6(8)4-2-5;3*1-2;/h1-24H;5-18H,1-4H3;1-14H;1-10,17H;1-8H3;1-4H;3*1H3;1H4. The maximum atomic E-state index is 6.31. The quantitative estimate of drug-likeness (QED) is 0.101. The molecule has 19 aromatic carbocycles. The van der Waals surface area contributed by atoms with Crippen LogP contribution >= 0.6 is 122 Å². The Morgan fingerprint density at radius 3 is 1.01 bits per heavy atom. The van der Waals surface area contributed by atoms with E-state index in [9.17, 15) is 0 Å². The summed E-state index contributed by atoms with van der Waals surface area (Å²) in [7, 11) is -1.31.